The van der Waals surface area contributed by atoms with Crippen LogP contribution in [-0.2, 0) is 9.53 Å². The van der Waals surface area contributed by atoms with E-state index >= 15 is 0 Å². The second kappa shape index (κ2) is 11.3. The van der Waals surface area contributed by atoms with Crippen molar-refractivity contribution in [1.82, 2.24) is 0 Å². The maximum absolute atomic E-state index is 14.9. The first-order valence-corrected chi connectivity index (χ1v) is 13.2. The van der Waals surface area contributed by atoms with Gasteiger partial charge in [0.15, 0.2) is 11.6 Å². The number of carbonyl (C=O) groups excluding carboxylic acids is 1. The topological polar surface area (TPSA) is 59.1 Å². The van der Waals surface area contributed by atoms with E-state index in [0.29, 0.717) is 55.4 Å². The van der Waals surface area contributed by atoms with Crippen LogP contribution in [0.5, 0.6) is 5.75 Å². The van der Waals surface area contributed by atoms with Crippen LogP contribution in [0.15, 0.2) is 54.6 Å². The number of esters is 1. The Morgan fingerprint density at radius 1 is 1.00 bits per heavy atom. The average molecular weight is 525 g/mol. The van der Waals surface area contributed by atoms with E-state index < -0.39 is 35.4 Å². The number of aliphatic hydroxyl groups excluding tert-OH is 1. The summed E-state index contributed by atoms with van der Waals surface area (Å²) in [6, 6.07) is 14.5. The van der Waals surface area contributed by atoms with Crippen LogP contribution >= 0.6 is 0 Å². The Kier molecular flexibility index (Phi) is 7.86. The number of halogens is 3. The fourth-order valence-electron chi connectivity index (χ4n) is 5.31. The zero-order valence-corrected chi connectivity index (χ0v) is 21.3. The Morgan fingerprint density at radius 2 is 1.71 bits per heavy atom. The number of ether oxygens (including phenoxy) is 2. The van der Waals surface area contributed by atoms with E-state index in [-0.39, 0.29) is 23.4 Å². The maximum Gasteiger partial charge on any atom is 0.314 e. The minimum Gasteiger partial charge on any atom is -0.423 e. The molecule has 3 aromatic carbocycles. The van der Waals surface area contributed by atoms with Gasteiger partial charge in [0.1, 0.15) is 11.9 Å². The molecule has 0 radical (unpaired) electrons. The Hall–Kier alpha value is -3.16. The fraction of sp³-hybridized carbons (Fsp3) is 0.387. The quantitative estimate of drug-likeness (QED) is 0.188. The summed E-state index contributed by atoms with van der Waals surface area (Å²) in [5.74, 6) is -4.09. The minimum absolute atomic E-state index is 0.00356. The molecular weight excluding hydrogens is 493 g/mol. The van der Waals surface area contributed by atoms with E-state index in [1.165, 1.54) is 18.2 Å². The fourth-order valence-corrected chi connectivity index (χ4v) is 5.31. The SMILES string of the molecule is CCCC(O)c1ccc(-c2ccc(OC(=O)C3CCC(c4ccc(C5CO5)cc4F)CC3)c(F)c2F)cc1. The summed E-state index contributed by atoms with van der Waals surface area (Å²) in [6.45, 7) is 2.59. The molecule has 2 atom stereocenters. The number of carbonyl (C=O) groups is 1. The van der Waals surface area contributed by atoms with Gasteiger partial charge in [0.05, 0.1) is 18.6 Å². The zero-order valence-electron chi connectivity index (χ0n) is 21.3. The maximum atomic E-state index is 14.9. The largest absolute Gasteiger partial charge is 0.423 e. The summed E-state index contributed by atoms with van der Waals surface area (Å²) in [5, 5.41) is 10.1. The smallest absolute Gasteiger partial charge is 0.314 e. The van der Waals surface area contributed by atoms with Crippen molar-refractivity contribution < 1.29 is 32.5 Å². The van der Waals surface area contributed by atoms with Gasteiger partial charge in [0.25, 0.3) is 0 Å². The van der Waals surface area contributed by atoms with E-state index in [4.69, 9.17) is 9.47 Å². The molecule has 1 aliphatic heterocycles. The standard InChI is InChI=1S/C31H31F3O4/c1-2-3-26(35)20-8-4-19(5-9-20)24-14-15-27(30(34)29(24)33)38-31(36)21-10-6-18(7-11-21)23-13-12-22(16-25(23)32)28-17-37-28/h4-5,8-9,12-16,18,21,26,28,35H,2-3,6-7,10-11,17H2,1H3. The van der Waals surface area contributed by atoms with Gasteiger partial charge in [-0.05, 0) is 78.5 Å². The summed E-state index contributed by atoms with van der Waals surface area (Å²) < 4.78 is 54.9. The van der Waals surface area contributed by atoms with Crippen LogP contribution in [-0.4, -0.2) is 17.7 Å². The van der Waals surface area contributed by atoms with E-state index in [1.807, 2.05) is 13.0 Å². The predicted molar refractivity (Wildman–Crippen MR) is 137 cm³/mol. The van der Waals surface area contributed by atoms with E-state index in [2.05, 4.69) is 0 Å². The summed E-state index contributed by atoms with van der Waals surface area (Å²) >= 11 is 0. The highest BCUT2D eigenvalue weighted by Gasteiger charge is 2.32. The molecule has 0 aromatic heterocycles. The molecule has 3 aromatic rings. The Morgan fingerprint density at radius 3 is 2.34 bits per heavy atom. The van der Waals surface area contributed by atoms with E-state index in [0.717, 1.165) is 12.0 Å². The molecule has 2 unspecified atom stereocenters. The van der Waals surface area contributed by atoms with Crippen LogP contribution in [0.3, 0.4) is 0 Å². The van der Waals surface area contributed by atoms with Crippen molar-refractivity contribution in [3.8, 4) is 16.9 Å². The molecule has 4 nitrogen and oxygen atoms in total. The van der Waals surface area contributed by atoms with Crippen molar-refractivity contribution >= 4 is 5.97 Å². The Bertz CT molecular complexity index is 1300. The number of aliphatic hydroxyl groups is 1. The molecule has 2 aliphatic rings. The normalized spacial score (nSPS) is 21.7. The molecule has 2 fully saturated rings. The third-order valence-corrected chi connectivity index (χ3v) is 7.66. The first-order valence-electron chi connectivity index (χ1n) is 13.2. The Balaban J connectivity index is 1.21. The van der Waals surface area contributed by atoms with E-state index in [9.17, 15) is 23.1 Å². The summed E-state index contributed by atoms with van der Waals surface area (Å²) in [4.78, 5) is 12.8. The number of epoxide rings is 1. The number of hydrogen-bond donors (Lipinski definition) is 1. The Labute approximate surface area is 220 Å². The lowest BCUT2D eigenvalue weighted by Crippen LogP contribution is -2.25. The van der Waals surface area contributed by atoms with Crippen LogP contribution in [0.4, 0.5) is 13.2 Å². The lowest BCUT2D eigenvalue weighted by molar-refractivity contribution is -0.140. The first-order chi connectivity index (χ1) is 18.4. The molecule has 1 heterocycles. The summed E-state index contributed by atoms with van der Waals surface area (Å²) in [5.41, 5.74) is 2.68. The molecule has 200 valence electrons. The predicted octanol–water partition coefficient (Wildman–Crippen LogP) is 7.56. The number of rotatable bonds is 8. The van der Waals surface area contributed by atoms with Crippen molar-refractivity contribution in [3.05, 3.63) is 88.7 Å². The molecule has 0 amide bonds. The number of hydrogen-bond acceptors (Lipinski definition) is 4. The zero-order chi connectivity index (χ0) is 26.8. The van der Waals surface area contributed by atoms with Gasteiger partial charge < -0.3 is 14.6 Å². The lowest BCUT2D eigenvalue weighted by Gasteiger charge is -2.28. The number of benzene rings is 3. The second-order valence-electron chi connectivity index (χ2n) is 10.2. The summed E-state index contributed by atoms with van der Waals surface area (Å²) in [6.07, 6.45) is 3.01. The molecule has 1 saturated carbocycles. The molecule has 1 N–H and O–H groups in total. The van der Waals surface area contributed by atoms with Crippen LogP contribution in [0.1, 0.15) is 80.3 Å². The minimum atomic E-state index is -1.22. The van der Waals surface area contributed by atoms with Crippen molar-refractivity contribution in [2.45, 2.75) is 63.6 Å². The molecule has 5 rings (SSSR count). The van der Waals surface area contributed by atoms with Crippen molar-refractivity contribution in [2.75, 3.05) is 6.61 Å². The molecule has 0 spiro atoms. The van der Waals surface area contributed by atoms with Gasteiger partial charge in [-0.2, -0.15) is 4.39 Å². The van der Waals surface area contributed by atoms with Gasteiger partial charge in [0, 0.05) is 5.56 Å². The third kappa shape index (κ3) is 5.64. The molecule has 1 saturated heterocycles. The molecule has 0 bridgehead atoms. The van der Waals surface area contributed by atoms with Crippen LogP contribution in [0.25, 0.3) is 11.1 Å². The molecule has 7 heteroatoms. The van der Waals surface area contributed by atoms with E-state index in [1.54, 1.807) is 30.3 Å². The van der Waals surface area contributed by atoms with Crippen LogP contribution in [0, 0.1) is 23.4 Å². The molecular formula is C31H31F3O4. The average Bonchev–Trinajstić information content (AvgIpc) is 3.78. The van der Waals surface area contributed by atoms with Crippen molar-refractivity contribution in [2.24, 2.45) is 5.92 Å². The third-order valence-electron chi connectivity index (χ3n) is 7.66. The first kappa shape index (κ1) is 26.4. The molecule has 38 heavy (non-hydrogen) atoms. The monoisotopic (exact) mass is 524 g/mol. The molecule has 1 aliphatic carbocycles. The van der Waals surface area contributed by atoms with Crippen molar-refractivity contribution in [1.29, 1.82) is 0 Å². The lowest BCUT2D eigenvalue weighted by atomic mass is 9.78. The van der Waals surface area contributed by atoms with Gasteiger partial charge in [0.2, 0.25) is 5.82 Å². The van der Waals surface area contributed by atoms with Gasteiger partial charge in [-0.3, -0.25) is 4.79 Å². The summed E-state index contributed by atoms with van der Waals surface area (Å²) in [7, 11) is 0. The van der Waals surface area contributed by atoms with Gasteiger partial charge in [-0.1, -0.05) is 49.7 Å². The highest BCUT2D eigenvalue weighted by atomic mass is 19.2. The van der Waals surface area contributed by atoms with Crippen LogP contribution < -0.4 is 4.74 Å². The van der Waals surface area contributed by atoms with Crippen LogP contribution in [0.2, 0.25) is 0 Å². The van der Waals surface area contributed by atoms with Gasteiger partial charge in [-0.25, -0.2) is 8.78 Å². The highest BCUT2D eigenvalue weighted by molar-refractivity contribution is 5.76. The van der Waals surface area contributed by atoms with Gasteiger partial charge in [-0.15, -0.1) is 0 Å². The van der Waals surface area contributed by atoms with Gasteiger partial charge >= 0.3 is 5.97 Å². The van der Waals surface area contributed by atoms with Crippen molar-refractivity contribution in [3.63, 3.8) is 0 Å². The highest BCUT2D eigenvalue weighted by Crippen LogP contribution is 2.40. The second-order valence-corrected chi connectivity index (χ2v) is 10.2.